The van der Waals surface area contributed by atoms with Crippen molar-refractivity contribution in [2.24, 2.45) is 4.99 Å². The molecule has 1 fully saturated rings. The van der Waals surface area contributed by atoms with Gasteiger partial charge in [-0.15, -0.1) is 0 Å². The van der Waals surface area contributed by atoms with E-state index in [9.17, 15) is 4.79 Å². The molecule has 1 aliphatic rings. The van der Waals surface area contributed by atoms with Gasteiger partial charge in [-0.3, -0.25) is 9.69 Å². The van der Waals surface area contributed by atoms with E-state index in [0.29, 0.717) is 0 Å². The van der Waals surface area contributed by atoms with E-state index in [0.717, 1.165) is 21.7 Å². The fraction of sp³-hybridized carbons (Fsp3) is 0.176. The molecule has 22 heavy (non-hydrogen) atoms. The maximum atomic E-state index is 12.4. The molecular formula is C17H15BrN2OS. The summed E-state index contributed by atoms with van der Waals surface area (Å²) in [5.41, 5.74) is 2.03. The predicted molar refractivity (Wildman–Crippen MR) is 95.5 cm³/mol. The number of hydrogen-bond acceptors (Lipinski definition) is 3. The van der Waals surface area contributed by atoms with Gasteiger partial charge >= 0.3 is 0 Å². The average Bonchev–Trinajstić information content (AvgIpc) is 2.79. The maximum Gasteiger partial charge on any atom is 0.242 e. The van der Waals surface area contributed by atoms with Crippen LogP contribution >= 0.6 is 27.7 Å². The Morgan fingerprint density at radius 1 is 1.14 bits per heavy atom. The Morgan fingerprint density at radius 2 is 1.82 bits per heavy atom. The fourth-order valence-electron chi connectivity index (χ4n) is 2.25. The molecule has 5 heteroatoms. The summed E-state index contributed by atoms with van der Waals surface area (Å²) in [6.07, 6.45) is 0.730. The first-order valence-corrected chi connectivity index (χ1v) is 8.63. The van der Waals surface area contributed by atoms with Gasteiger partial charge in [-0.25, -0.2) is 4.99 Å². The Morgan fingerprint density at radius 3 is 2.50 bits per heavy atom. The predicted octanol–water partition coefficient (Wildman–Crippen LogP) is 4.25. The van der Waals surface area contributed by atoms with Crippen molar-refractivity contribution in [1.29, 1.82) is 0 Å². The zero-order valence-electron chi connectivity index (χ0n) is 12.1. The zero-order valence-corrected chi connectivity index (χ0v) is 14.5. The van der Waals surface area contributed by atoms with Crippen LogP contribution in [0.5, 0.6) is 0 Å². The average molecular weight is 375 g/mol. The molecular weight excluding hydrogens is 360 g/mol. The molecule has 0 N–H and O–H groups in total. The lowest BCUT2D eigenvalue weighted by Gasteiger charge is -2.08. The number of amides is 1. The summed E-state index contributed by atoms with van der Waals surface area (Å²) in [4.78, 5) is 18.6. The van der Waals surface area contributed by atoms with E-state index in [-0.39, 0.29) is 11.2 Å². The first-order chi connectivity index (χ1) is 10.6. The minimum Gasteiger partial charge on any atom is -0.293 e. The summed E-state index contributed by atoms with van der Waals surface area (Å²) in [6, 6.07) is 17.8. The monoisotopic (exact) mass is 374 g/mol. The lowest BCUT2D eigenvalue weighted by molar-refractivity contribution is -0.125. The lowest BCUT2D eigenvalue weighted by Crippen LogP contribution is -2.28. The number of amidine groups is 1. The highest BCUT2D eigenvalue weighted by Crippen LogP contribution is 2.31. The van der Waals surface area contributed by atoms with Crippen LogP contribution in [0.2, 0.25) is 0 Å². The first kappa shape index (κ1) is 15.3. The van der Waals surface area contributed by atoms with Crippen LogP contribution in [0.1, 0.15) is 5.56 Å². The number of benzene rings is 2. The van der Waals surface area contributed by atoms with Crippen LogP contribution in [0.15, 0.2) is 64.1 Å². The molecule has 1 aliphatic heterocycles. The third-order valence-electron chi connectivity index (χ3n) is 3.46. The largest absolute Gasteiger partial charge is 0.293 e. The topological polar surface area (TPSA) is 32.7 Å². The molecule has 0 unspecified atom stereocenters. The van der Waals surface area contributed by atoms with Crippen LogP contribution in [0.25, 0.3) is 0 Å². The fourth-order valence-corrected chi connectivity index (χ4v) is 3.71. The quantitative estimate of drug-likeness (QED) is 0.803. The second kappa shape index (κ2) is 6.67. The Balaban J connectivity index is 1.77. The molecule has 3 rings (SSSR count). The second-order valence-electron chi connectivity index (χ2n) is 5.06. The number of aliphatic imine (C=N–C) groups is 1. The summed E-state index contributed by atoms with van der Waals surface area (Å²) in [6.45, 7) is 0. The van der Waals surface area contributed by atoms with Gasteiger partial charge in [0.05, 0.1) is 10.9 Å². The van der Waals surface area contributed by atoms with Crippen molar-refractivity contribution in [3.8, 4) is 0 Å². The second-order valence-corrected chi connectivity index (χ2v) is 7.15. The van der Waals surface area contributed by atoms with E-state index in [1.54, 1.807) is 11.9 Å². The highest BCUT2D eigenvalue weighted by atomic mass is 79.9. The minimum atomic E-state index is -0.0957. The van der Waals surface area contributed by atoms with Crippen LogP contribution in [0.4, 0.5) is 5.69 Å². The number of carbonyl (C=O) groups excluding carboxylic acids is 1. The molecule has 1 saturated heterocycles. The molecule has 2 aromatic carbocycles. The van der Waals surface area contributed by atoms with Crippen molar-refractivity contribution in [3.63, 3.8) is 0 Å². The molecule has 0 bridgehead atoms. The van der Waals surface area contributed by atoms with Gasteiger partial charge in [-0.05, 0) is 36.2 Å². The van der Waals surface area contributed by atoms with E-state index in [2.05, 4.69) is 33.1 Å². The van der Waals surface area contributed by atoms with Gasteiger partial charge in [-0.1, -0.05) is 58.0 Å². The molecule has 1 amide bonds. The SMILES string of the molecule is CN1C(=O)[C@@H](Cc2ccccc2)SC1=Nc1ccc(Br)cc1. The van der Waals surface area contributed by atoms with E-state index in [1.165, 1.54) is 17.3 Å². The minimum absolute atomic E-state index is 0.0957. The van der Waals surface area contributed by atoms with Gasteiger partial charge in [0.15, 0.2) is 5.17 Å². The normalized spacial score (nSPS) is 19.9. The van der Waals surface area contributed by atoms with E-state index >= 15 is 0 Å². The van der Waals surface area contributed by atoms with Crippen LogP contribution in [-0.4, -0.2) is 28.3 Å². The van der Waals surface area contributed by atoms with E-state index in [1.807, 2.05) is 42.5 Å². The molecule has 0 aromatic heterocycles. The van der Waals surface area contributed by atoms with Gasteiger partial charge in [0.2, 0.25) is 5.91 Å². The maximum absolute atomic E-state index is 12.4. The van der Waals surface area contributed by atoms with Gasteiger partial charge in [0.1, 0.15) is 0 Å². The molecule has 0 radical (unpaired) electrons. The standard InChI is InChI=1S/C17H15BrN2OS/c1-20-16(21)15(11-12-5-3-2-4-6-12)22-17(20)19-14-9-7-13(18)8-10-14/h2-10,15H,11H2,1H3/t15-/m1/s1. The van der Waals surface area contributed by atoms with Crippen molar-refractivity contribution in [2.45, 2.75) is 11.7 Å². The molecule has 0 saturated carbocycles. The number of rotatable bonds is 3. The lowest BCUT2D eigenvalue weighted by atomic mass is 10.1. The number of nitrogens with zero attached hydrogens (tertiary/aromatic N) is 2. The Bertz CT molecular complexity index is 700. The van der Waals surface area contributed by atoms with Crippen molar-refractivity contribution in [3.05, 3.63) is 64.6 Å². The summed E-state index contributed by atoms with van der Waals surface area (Å²) >= 11 is 4.94. The highest BCUT2D eigenvalue weighted by Gasteiger charge is 2.35. The van der Waals surface area contributed by atoms with E-state index in [4.69, 9.17) is 0 Å². The third kappa shape index (κ3) is 3.42. The van der Waals surface area contributed by atoms with Gasteiger partial charge < -0.3 is 0 Å². The first-order valence-electron chi connectivity index (χ1n) is 6.96. The molecule has 1 atom stereocenters. The number of halogens is 1. The highest BCUT2D eigenvalue weighted by molar-refractivity contribution is 9.10. The number of carbonyl (C=O) groups is 1. The summed E-state index contributed by atoms with van der Waals surface area (Å²) < 4.78 is 1.02. The Kier molecular flexibility index (Phi) is 4.64. The van der Waals surface area contributed by atoms with Gasteiger partial charge in [0.25, 0.3) is 0 Å². The summed E-state index contributed by atoms with van der Waals surface area (Å²) in [5, 5.41) is 0.662. The van der Waals surface area contributed by atoms with Crippen LogP contribution in [0, 0.1) is 0 Å². The molecule has 112 valence electrons. The summed E-state index contributed by atoms with van der Waals surface area (Å²) in [5.74, 6) is 0.115. The van der Waals surface area contributed by atoms with Crippen molar-refractivity contribution in [1.82, 2.24) is 4.90 Å². The zero-order chi connectivity index (χ0) is 15.5. The van der Waals surface area contributed by atoms with Crippen LogP contribution in [-0.2, 0) is 11.2 Å². The third-order valence-corrected chi connectivity index (χ3v) is 5.21. The Hall–Kier alpha value is -1.59. The molecule has 1 heterocycles. The van der Waals surface area contributed by atoms with E-state index < -0.39 is 0 Å². The Labute approximate surface area is 142 Å². The van der Waals surface area contributed by atoms with Crippen LogP contribution in [0.3, 0.4) is 0 Å². The number of hydrogen-bond donors (Lipinski definition) is 0. The van der Waals surface area contributed by atoms with Crippen molar-refractivity contribution in [2.75, 3.05) is 7.05 Å². The smallest absolute Gasteiger partial charge is 0.242 e. The van der Waals surface area contributed by atoms with Crippen LogP contribution < -0.4 is 0 Å². The van der Waals surface area contributed by atoms with Gasteiger partial charge in [-0.2, -0.15) is 0 Å². The molecule has 3 nitrogen and oxygen atoms in total. The van der Waals surface area contributed by atoms with Gasteiger partial charge in [0, 0.05) is 11.5 Å². The number of thioether (sulfide) groups is 1. The molecule has 2 aromatic rings. The summed E-state index contributed by atoms with van der Waals surface area (Å²) in [7, 11) is 1.79. The molecule has 0 spiro atoms. The molecule has 0 aliphatic carbocycles. The van der Waals surface area contributed by atoms with Crippen molar-refractivity contribution >= 4 is 44.5 Å². The van der Waals surface area contributed by atoms with Crippen molar-refractivity contribution < 1.29 is 4.79 Å².